The van der Waals surface area contributed by atoms with Crippen molar-refractivity contribution >= 4 is 45.4 Å². The SMILES string of the molecule is C=CC(=O)OC(C)(C)CC(C)(C)Oc1ccc2cc(C(=O)Oc3ccc(OC(=O)c4ccc5cc(OC(C)(CC)CC(C)(C)OC(=O)C=C)ccc5c4)c(-c4ccccc4)c3)ccc2c1. The van der Waals surface area contributed by atoms with Crippen molar-refractivity contribution in [3.8, 4) is 34.1 Å². The Morgan fingerprint density at radius 3 is 1.52 bits per heavy atom. The van der Waals surface area contributed by atoms with Crippen molar-refractivity contribution < 1.29 is 47.6 Å². The Bertz CT molecular complexity index is 2760. The molecule has 0 aliphatic heterocycles. The van der Waals surface area contributed by atoms with Crippen molar-refractivity contribution in [3.05, 3.63) is 158 Å². The van der Waals surface area contributed by atoms with E-state index >= 15 is 0 Å². The highest BCUT2D eigenvalue weighted by Gasteiger charge is 2.36. The van der Waals surface area contributed by atoms with Gasteiger partial charge in [0, 0.05) is 30.6 Å². The Balaban J connectivity index is 1.15. The van der Waals surface area contributed by atoms with E-state index in [1.165, 1.54) is 0 Å². The average Bonchev–Trinajstić information content (AvgIpc) is 3.25. The lowest BCUT2D eigenvalue weighted by atomic mass is 9.88. The first kappa shape index (κ1) is 47.3. The topological polar surface area (TPSA) is 124 Å². The molecule has 0 fully saturated rings. The molecule has 6 aromatic carbocycles. The summed E-state index contributed by atoms with van der Waals surface area (Å²) in [5.41, 5.74) is -0.844. The molecule has 0 saturated carbocycles. The number of hydrogen-bond donors (Lipinski definition) is 0. The second kappa shape index (κ2) is 19.3. The largest absolute Gasteiger partial charge is 0.488 e. The predicted octanol–water partition coefficient (Wildman–Crippen LogP) is 12.6. The van der Waals surface area contributed by atoms with Crippen molar-refractivity contribution in [1.82, 2.24) is 0 Å². The maximum absolute atomic E-state index is 13.7. The minimum absolute atomic E-state index is 0.269. The molecule has 0 aromatic heterocycles. The summed E-state index contributed by atoms with van der Waals surface area (Å²) < 4.78 is 35.8. The van der Waals surface area contributed by atoms with Crippen LogP contribution in [-0.4, -0.2) is 46.3 Å². The van der Waals surface area contributed by atoms with E-state index in [-0.39, 0.29) is 5.75 Å². The van der Waals surface area contributed by atoms with Crippen LogP contribution in [0.4, 0.5) is 0 Å². The first-order valence-corrected chi connectivity index (χ1v) is 21.5. The molecule has 336 valence electrons. The summed E-state index contributed by atoms with van der Waals surface area (Å²) >= 11 is 0. The third-order valence-corrected chi connectivity index (χ3v) is 10.8. The number of benzene rings is 6. The summed E-state index contributed by atoms with van der Waals surface area (Å²) in [6, 6.07) is 36.1. The van der Waals surface area contributed by atoms with E-state index in [2.05, 4.69) is 13.2 Å². The molecular formula is C55H56O10. The van der Waals surface area contributed by atoms with Crippen LogP contribution in [0.15, 0.2) is 147 Å². The number of ether oxygens (including phenoxy) is 6. The Labute approximate surface area is 380 Å². The lowest BCUT2D eigenvalue weighted by molar-refractivity contribution is -0.155. The molecule has 0 aliphatic rings. The highest BCUT2D eigenvalue weighted by Crippen LogP contribution is 2.37. The van der Waals surface area contributed by atoms with Crippen molar-refractivity contribution in [3.63, 3.8) is 0 Å². The van der Waals surface area contributed by atoms with Gasteiger partial charge in [0.15, 0.2) is 0 Å². The Morgan fingerprint density at radius 2 is 0.985 bits per heavy atom. The number of fused-ring (bicyclic) bond motifs is 2. The van der Waals surface area contributed by atoms with Gasteiger partial charge in [-0.15, -0.1) is 0 Å². The Hall–Kier alpha value is -7.20. The van der Waals surface area contributed by atoms with Gasteiger partial charge >= 0.3 is 23.9 Å². The molecular weight excluding hydrogens is 821 g/mol. The van der Waals surface area contributed by atoms with E-state index in [4.69, 9.17) is 28.4 Å². The van der Waals surface area contributed by atoms with Crippen LogP contribution in [0.1, 0.15) is 95.4 Å². The molecule has 0 saturated heterocycles. The third kappa shape index (κ3) is 12.5. The number of rotatable bonds is 18. The second-order valence-electron chi connectivity index (χ2n) is 18.1. The van der Waals surface area contributed by atoms with Crippen LogP contribution >= 0.6 is 0 Å². The Kier molecular flexibility index (Phi) is 14.0. The molecule has 0 aliphatic carbocycles. The van der Waals surface area contributed by atoms with Crippen molar-refractivity contribution in [1.29, 1.82) is 0 Å². The van der Waals surface area contributed by atoms with E-state index < -0.39 is 46.3 Å². The Morgan fingerprint density at radius 1 is 0.508 bits per heavy atom. The van der Waals surface area contributed by atoms with Gasteiger partial charge in [0.05, 0.1) is 11.1 Å². The molecule has 10 heteroatoms. The smallest absolute Gasteiger partial charge is 0.343 e. The number of esters is 4. The van der Waals surface area contributed by atoms with Gasteiger partial charge in [-0.2, -0.15) is 0 Å². The van der Waals surface area contributed by atoms with Gasteiger partial charge in [-0.05, 0) is 149 Å². The zero-order chi connectivity index (χ0) is 47.2. The summed E-state index contributed by atoms with van der Waals surface area (Å²) in [7, 11) is 0. The molecule has 6 aromatic rings. The van der Waals surface area contributed by atoms with E-state index in [1.54, 1.807) is 42.5 Å². The summed E-state index contributed by atoms with van der Waals surface area (Å²) in [5.74, 6) is -0.272. The lowest BCUT2D eigenvalue weighted by Gasteiger charge is -2.36. The summed E-state index contributed by atoms with van der Waals surface area (Å²) in [5, 5.41) is 3.34. The second-order valence-corrected chi connectivity index (χ2v) is 18.1. The fourth-order valence-corrected chi connectivity index (χ4v) is 8.16. The average molecular weight is 877 g/mol. The maximum atomic E-state index is 13.7. The number of carbonyl (C=O) groups excluding carboxylic acids is 4. The first-order valence-electron chi connectivity index (χ1n) is 21.5. The first-order chi connectivity index (χ1) is 30.7. The van der Waals surface area contributed by atoms with E-state index in [0.29, 0.717) is 53.2 Å². The molecule has 0 bridgehead atoms. The van der Waals surface area contributed by atoms with Crippen LogP contribution in [0.2, 0.25) is 0 Å². The molecule has 0 heterocycles. The summed E-state index contributed by atoms with van der Waals surface area (Å²) in [4.78, 5) is 51.0. The number of carbonyl (C=O) groups is 4. The van der Waals surface area contributed by atoms with Crippen molar-refractivity contribution in [2.24, 2.45) is 0 Å². The van der Waals surface area contributed by atoms with Gasteiger partial charge in [-0.25, -0.2) is 19.2 Å². The molecule has 0 amide bonds. The normalized spacial score (nSPS) is 12.7. The van der Waals surface area contributed by atoms with E-state index in [1.807, 2.05) is 134 Å². The van der Waals surface area contributed by atoms with Gasteiger partial charge in [-0.1, -0.05) is 74.7 Å². The van der Waals surface area contributed by atoms with Crippen LogP contribution in [0.5, 0.6) is 23.0 Å². The van der Waals surface area contributed by atoms with Crippen molar-refractivity contribution in [2.75, 3.05) is 0 Å². The minimum Gasteiger partial charge on any atom is -0.488 e. The highest BCUT2D eigenvalue weighted by atomic mass is 16.6. The molecule has 0 N–H and O–H groups in total. The van der Waals surface area contributed by atoms with Crippen LogP contribution in [0, 0.1) is 0 Å². The molecule has 6 rings (SSSR count). The molecule has 0 radical (unpaired) electrons. The van der Waals surface area contributed by atoms with Crippen LogP contribution in [0.25, 0.3) is 32.7 Å². The van der Waals surface area contributed by atoms with Gasteiger partial charge in [0.1, 0.15) is 45.4 Å². The highest BCUT2D eigenvalue weighted by molar-refractivity contribution is 5.98. The fraction of sp³-hybridized carbons (Fsp3) is 0.273. The molecule has 0 spiro atoms. The molecule has 1 atom stereocenters. The van der Waals surface area contributed by atoms with Crippen molar-refractivity contribution in [2.45, 2.75) is 97.1 Å². The van der Waals surface area contributed by atoms with Gasteiger partial charge in [0.2, 0.25) is 0 Å². The third-order valence-electron chi connectivity index (χ3n) is 10.8. The number of hydrogen-bond acceptors (Lipinski definition) is 10. The van der Waals surface area contributed by atoms with Crippen LogP contribution in [0.3, 0.4) is 0 Å². The fourth-order valence-electron chi connectivity index (χ4n) is 8.16. The standard InChI is InChI=1S/C55H56O10/c1-11-48(56)64-53(6,7)34-52(4,5)62-44-25-23-37-29-41(21-19-39(37)31-44)50(58)60-43-27-28-47(46(33-43)36-17-15-14-16-18-36)61-51(59)42-22-20-40-32-45(26-24-38(40)30-42)63-55(10,13-3)35-54(8,9)65-49(57)12-2/h11-12,14-33H,1-2,13,34-35H2,3-10H3. The lowest BCUT2D eigenvalue weighted by Crippen LogP contribution is -2.42. The van der Waals surface area contributed by atoms with Gasteiger partial charge < -0.3 is 28.4 Å². The maximum Gasteiger partial charge on any atom is 0.343 e. The van der Waals surface area contributed by atoms with E-state index in [9.17, 15) is 19.2 Å². The summed E-state index contributed by atoms with van der Waals surface area (Å²) in [6.45, 7) is 22.2. The van der Waals surface area contributed by atoms with Gasteiger partial charge in [-0.3, -0.25) is 0 Å². The predicted molar refractivity (Wildman–Crippen MR) is 254 cm³/mol. The van der Waals surface area contributed by atoms with Crippen LogP contribution in [-0.2, 0) is 19.1 Å². The zero-order valence-electron chi connectivity index (χ0n) is 38.3. The van der Waals surface area contributed by atoms with E-state index in [0.717, 1.165) is 39.3 Å². The van der Waals surface area contributed by atoms with Gasteiger partial charge in [0.25, 0.3) is 0 Å². The quantitative estimate of drug-likeness (QED) is 0.0468. The molecule has 65 heavy (non-hydrogen) atoms. The minimum atomic E-state index is -0.778. The summed E-state index contributed by atoms with van der Waals surface area (Å²) in [6.07, 6.45) is 3.85. The van der Waals surface area contributed by atoms with Crippen LogP contribution < -0.4 is 18.9 Å². The monoisotopic (exact) mass is 876 g/mol. The zero-order valence-corrected chi connectivity index (χ0v) is 38.3. The molecule has 10 nitrogen and oxygen atoms in total. The molecule has 1 unspecified atom stereocenters.